The van der Waals surface area contributed by atoms with Gasteiger partial charge in [0.2, 0.25) is 5.91 Å². The molecule has 1 aromatic rings. The quantitative estimate of drug-likeness (QED) is 0.907. The predicted octanol–water partition coefficient (Wildman–Crippen LogP) is 2.64. The fraction of sp³-hybridized carbons (Fsp3) is 0.462. The van der Waals surface area contributed by atoms with Crippen molar-refractivity contribution in [3.05, 3.63) is 34.9 Å². The molecule has 0 radical (unpaired) electrons. The molecule has 100 valence electrons. The maximum atomic E-state index is 11.9. The Hall–Kier alpha value is -0.770. The summed E-state index contributed by atoms with van der Waals surface area (Å²) in [5, 5.41) is 4.05. The van der Waals surface area contributed by atoms with Crippen molar-refractivity contribution in [1.82, 2.24) is 10.2 Å². The molecule has 1 atom stereocenters. The maximum Gasteiger partial charge on any atom is 0.222 e. The second-order valence-corrected chi connectivity index (χ2v) is 4.59. The molecule has 1 unspecified atom stereocenters. The summed E-state index contributed by atoms with van der Waals surface area (Å²) in [7, 11) is 0. The van der Waals surface area contributed by atoms with Gasteiger partial charge >= 0.3 is 0 Å². The van der Waals surface area contributed by atoms with Crippen molar-refractivity contribution in [2.24, 2.45) is 0 Å². The SMILES string of the molecule is CCC(=O)N1CCNCC1c1ccccc1Cl.Cl. The van der Waals surface area contributed by atoms with E-state index in [1.807, 2.05) is 36.1 Å². The van der Waals surface area contributed by atoms with Crippen LogP contribution in [-0.4, -0.2) is 30.4 Å². The Balaban J connectivity index is 0.00000162. The van der Waals surface area contributed by atoms with E-state index in [2.05, 4.69) is 5.32 Å². The molecule has 2 rings (SSSR count). The summed E-state index contributed by atoms with van der Waals surface area (Å²) in [6.07, 6.45) is 0.543. The van der Waals surface area contributed by atoms with Gasteiger partial charge in [-0.3, -0.25) is 4.79 Å². The number of benzene rings is 1. The van der Waals surface area contributed by atoms with Crippen LogP contribution in [0.15, 0.2) is 24.3 Å². The van der Waals surface area contributed by atoms with Gasteiger partial charge in [0.1, 0.15) is 0 Å². The lowest BCUT2D eigenvalue weighted by Gasteiger charge is -2.36. The van der Waals surface area contributed by atoms with Crippen LogP contribution in [-0.2, 0) is 4.79 Å². The molecule has 0 aliphatic carbocycles. The van der Waals surface area contributed by atoms with Gasteiger partial charge < -0.3 is 10.2 Å². The fourth-order valence-corrected chi connectivity index (χ4v) is 2.49. The molecule has 1 aliphatic heterocycles. The molecule has 1 heterocycles. The van der Waals surface area contributed by atoms with Crippen LogP contribution in [0.5, 0.6) is 0 Å². The molecule has 5 heteroatoms. The van der Waals surface area contributed by atoms with Crippen molar-refractivity contribution >= 4 is 29.9 Å². The number of halogens is 2. The van der Waals surface area contributed by atoms with Crippen LogP contribution in [0.4, 0.5) is 0 Å². The molecule has 18 heavy (non-hydrogen) atoms. The first-order valence-electron chi connectivity index (χ1n) is 5.98. The van der Waals surface area contributed by atoms with Crippen molar-refractivity contribution in [2.75, 3.05) is 19.6 Å². The Morgan fingerprint density at radius 3 is 2.89 bits per heavy atom. The van der Waals surface area contributed by atoms with Gasteiger partial charge in [-0.05, 0) is 11.6 Å². The van der Waals surface area contributed by atoms with E-state index < -0.39 is 0 Å². The van der Waals surface area contributed by atoms with Crippen molar-refractivity contribution < 1.29 is 4.79 Å². The second kappa shape index (κ2) is 6.98. The normalized spacial score (nSPS) is 19.2. The number of rotatable bonds is 2. The minimum absolute atomic E-state index is 0. The van der Waals surface area contributed by atoms with Crippen molar-refractivity contribution in [2.45, 2.75) is 19.4 Å². The third kappa shape index (κ3) is 3.16. The molecule has 1 fully saturated rings. The van der Waals surface area contributed by atoms with E-state index in [1.54, 1.807) is 0 Å². The van der Waals surface area contributed by atoms with Crippen LogP contribution in [0, 0.1) is 0 Å². The van der Waals surface area contributed by atoms with Crippen molar-refractivity contribution in [1.29, 1.82) is 0 Å². The molecule has 1 aromatic carbocycles. The zero-order valence-corrected chi connectivity index (χ0v) is 11.9. The molecule has 0 aromatic heterocycles. The number of nitrogens with zero attached hydrogens (tertiary/aromatic N) is 1. The standard InChI is InChI=1S/C13H17ClN2O.ClH/c1-2-13(17)16-8-7-15-9-12(16)10-5-3-4-6-11(10)14;/h3-6,12,15H,2,7-9H2,1H3;1H. The Morgan fingerprint density at radius 1 is 1.50 bits per heavy atom. The zero-order chi connectivity index (χ0) is 12.3. The molecule has 3 nitrogen and oxygen atoms in total. The highest BCUT2D eigenvalue weighted by Gasteiger charge is 2.27. The van der Waals surface area contributed by atoms with Crippen LogP contribution in [0.1, 0.15) is 24.9 Å². The largest absolute Gasteiger partial charge is 0.333 e. The monoisotopic (exact) mass is 288 g/mol. The van der Waals surface area contributed by atoms with Gasteiger partial charge in [-0.2, -0.15) is 0 Å². The summed E-state index contributed by atoms with van der Waals surface area (Å²) in [6, 6.07) is 7.80. The van der Waals surface area contributed by atoms with E-state index in [0.29, 0.717) is 6.42 Å². The highest BCUT2D eigenvalue weighted by Crippen LogP contribution is 2.28. The summed E-state index contributed by atoms with van der Waals surface area (Å²) in [5.74, 6) is 0.191. The number of hydrogen-bond donors (Lipinski definition) is 1. The summed E-state index contributed by atoms with van der Waals surface area (Å²) >= 11 is 6.21. The zero-order valence-electron chi connectivity index (χ0n) is 10.4. The van der Waals surface area contributed by atoms with Crippen LogP contribution in [0.2, 0.25) is 5.02 Å². The van der Waals surface area contributed by atoms with E-state index in [9.17, 15) is 4.79 Å². The maximum absolute atomic E-state index is 11.9. The Morgan fingerprint density at radius 2 is 2.22 bits per heavy atom. The lowest BCUT2D eigenvalue weighted by atomic mass is 10.0. The number of carbonyl (C=O) groups excluding carboxylic acids is 1. The topological polar surface area (TPSA) is 32.3 Å². The molecule has 0 bridgehead atoms. The summed E-state index contributed by atoms with van der Waals surface area (Å²) in [5.41, 5.74) is 1.03. The molecule has 0 spiro atoms. The van der Waals surface area contributed by atoms with E-state index in [-0.39, 0.29) is 24.4 Å². The molecule has 0 saturated carbocycles. The third-order valence-electron chi connectivity index (χ3n) is 3.13. The summed E-state index contributed by atoms with van der Waals surface area (Å²) in [4.78, 5) is 13.8. The van der Waals surface area contributed by atoms with E-state index in [1.165, 1.54) is 0 Å². The predicted molar refractivity (Wildman–Crippen MR) is 76.3 cm³/mol. The van der Waals surface area contributed by atoms with Gasteiger partial charge in [0.25, 0.3) is 0 Å². The van der Waals surface area contributed by atoms with Gasteiger partial charge in [0.15, 0.2) is 0 Å². The highest BCUT2D eigenvalue weighted by molar-refractivity contribution is 6.31. The highest BCUT2D eigenvalue weighted by atomic mass is 35.5. The van der Waals surface area contributed by atoms with Crippen LogP contribution in [0.25, 0.3) is 0 Å². The van der Waals surface area contributed by atoms with E-state index in [4.69, 9.17) is 11.6 Å². The average molecular weight is 289 g/mol. The lowest BCUT2D eigenvalue weighted by Crippen LogP contribution is -2.48. The Labute approximate surface area is 119 Å². The number of piperazine rings is 1. The minimum atomic E-state index is 0. The van der Waals surface area contributed by atoms with Crippen LogP contribution in [0.3, 0.4) is 0 Å². The molecule has 1 N–H and O–H groups in total. The Bertz CT molecular complexity index is 412. The number of hydrogen-bond acceptors (Lipinski definition) is 2. The first-order valence-corrected chi connectivity index (χ1v) is 6.36. The first-order chi connectivity index (χ1) is 8.24. The number of nitrogens with one attached hydrogen (secondary N) is 1. The van der Waals surface area contributed by atoms with Gasteiger partial charge in [-0.15, -0.1) is 12.4 Å². The average Bonchev–Trinajstić information content (AvgIpc) is 2.38. The van der Waals surface area contributed by atoms with Gasteiger partial charge in [-0.1, -0.05) is 36.7 Å². The smallest absolute Gasteiger partial charge is 0.222 e. The molecule has 1 saturated heterocycles. The molecule has 1 aliphatic rings. The fourth-order valence-electron chi connectivity index (χ4n) is 2.23. The second-order valence-electron chi connectivity index (χ2n) is 4.18. The first kappa shape index (κ1) is 15.3. The van der Waals surface area contributed by atoms with E-state index in [0.717, 1.165) is 30.2 Å². The number of amides is 1. The van der Waals surface area contributed by atoms with Gasteiger partial charge in [0, 0.05) is 31.1 Å². The molecule has 1 amide bonds. The van der Waals surface area contributed by atoms with Crippen molar-refractivity contribution in [3.63, 3.8) is 0 Å². The van der Waals surface area contributed by atoms with Crippen LogP contribution >= 0.6 is 24.0 Å². The van der Waals surface area contributed by atoms with Gasteiger partial charge in [0.05, 0.1) is 6.04 Å². The Kier molecular flexibility index (Phi) is 5.93. The molecular weight excluding hydrogens is 271 g/mol. The summed E-state index contributed by atoms with van der Waals surface area (Å²) < 4.78 is 0. The minimum Gasteiger partial charge on any atom is -0.333 e. The van der Waals surface area contributed by atoms with Crippen molar-refractivity contribution in [3.8, 4) is 0 Å². The number of carbonyl (C=O) groups is 1. The third-order valence-corrected chi connectivity index (χ3v) is 3.47. The van der Waals surface area contributed by atoms with Crippen LogP contribution < -0.4 is 5.32 Å². The summed E-state index contributed by atoms with van der Waals surface area (Å²) in [6.45, 7) is 4.28. The molecular formula is C13H18Cl2N2O. The van der Waals surface area contributed by atoms with E-state index >= 15 is 0 Å². The van der Waals surface area contributed by atoms with Gasteiger partial charge in [-0.25, -0.2) is 0 Å². The lowest BCUT2D eigenvalue weighted by molar-refractivity contribution is -0.134.